The van der Waals surface area contributed by atoms with Crippen molar-refractivity contribution in [2.45, 2.75) is 32.3 Å². The molecule has 5 rings (SSSR count). The Balaban J connectivity index is 1.42. The van der Waals surface area contributed by atoms with Gasteiger partial charge in [0.15, 0.2) is 0 Å². The summed E-state index contributed by atoms with van der Waals surface area (Å²) in [5.41, 5.74) is 1.05. The van der Waals surface area contributed by atoms with E-state index in [9.17, 15) is 26.3 Å². The van der Waals surface area contributed by atoms with E-state index in [4.69, 9.17) is 0 Å². The SMILES string of the molecule is CCC1Cc2ccc(-c3ccc(-c4cc(F)c(C(F)(F)Oc5cc(F)c(C=CI)c(F)c5)c(F)c4)c(F)c3)cc2C1. The van der Waals surface area contributed by atoms with Crippen molar-refractivity contribution in [2.75, 3.05) is 0 Å². The summed E-state index contributed by atoms with van der Waals surface area (Å²) in [7, 11) is 0. The van der Waals surface area contributed by atoms with E-state index in [-0.39, 0.29) is 11.1 Å². The molecule has 4 aromatic carbocycles. The average molecular weight is 682 g/mol. The van der Waals surface area contributed by atoms with Crippen LogP contribution in [0.25, 0.3) is 28.3 Å². The van der Waals surface area contributed by atoms with Crippen molar-refractivity contribution in [3.05, 3.63) is 116 Å². The van der Waals surface area contributed by atoms with Gasteiger partial charge in [0.1, 0.15) is 40.4 Å². The lowest BCUT2D eigenvalue weighted by atomic mass is 9.96. The van der Waals surface area contributed by atoms with Crippen LogP contribution < -0.4 is 4.74 Å². The van der Waals surface area contributed by atoms with Gasteiger partial charge in [-0.15, -0.1) is 0 Å². The van der Waals surface area contributed by atoms with E-state index in [1.807, 2.05) is 18.2 Å². The number of ether oxygens (including phenoxy) is 1. The van der Waals surface area contributed by atoms with Crippen LogP contribution in [0.15, 0.2) is 64.7 Å². The maximum atomic E-state index is 15.2. The summed E-state index contributed by atoms with van der Waals surface area (Å²) in [4.78, 5) is 0. The fourth-order valence-corrected chi connectivity index (χ4v) is 5.51. The summed E-state index contributed by atoms with van der Waals surface area (Å²) >= 11 is 1.72. The van der Waals surface area contributed by atoms with E-state index in [0.717, 1.165) is 30.9 Å². The number of fused-ring (bicyclic) bond motifs is 1. The fraction of sp³-hybridized carbons (Fsp3) is 0.188. The topological polar surface area (TPSA) is 9.23 Å². The molecule has 0 spiro atoms. The Morgan fingerprint density at radius 1 is 0.756 bits per heavy atom. The molecule has 0 amide bonds. The van der Waals surface area contributed by atoms with E-state index in [1.54, 1.807) is 28.7 Å². The highest BCUT2D eigenvalue weighted by atomic mass is 127. The second-order valence-electron chi connectivity index (χ2n) is 9.89. The van der Waals surface area contributed by atoms with Crippen LogP contribution in [-0.2, 0) is 19.0 Å². The first-order valence-corrected chi connectivity index (χ1v) is 14.0. The Bertz CT molecular complexity index is 1620. The maximum Gasteiger partial charge on any atom is 0.432 e. The highest BCUT2D eigenvalue weighted by molar-refractivity contribution is 14.1. The van der Waals surface area contributed by atoms with Gasteiger partial charge in [-0.1, -0.05) is 66.3 Å². The van der Waals surface area contributed by atoms with Crippen LogP contribution in [0.2, 0.25) is 0 Å². The van der Waals surface area contributed by atoms with Crippen LogP contribution >= 0.6 is 22.6 Å². The van der Waals surface area contributed by atoms with Crippen molar-refractivity contribution >= 4 is 28.7 Å². The molecule has 1 atom stereocenters. The van der Waals surface area contributed by atoms with E-state index >= 15 is 4.39 Å². The van der Waals surface area contributed by atoms with Crippen molar-refractivity contribution in [2.24, 2.45) is 5.92 Å². The third kappa shape index (κ3) is 5.86. The van der Waals surface area contributed by atoms with Gasteiger partial charge >= 0.3 is 6.11 Å². The zero-order valence-corrected chi connectivity index (χ0v) is 23.7. The lowest BCUT2D eigenvalue weighted by molar-refractivity contribution is -0.189. The predicted molar refractivity (Wildman–Crippen MR) is 152 cm³/mol. The van der Waals surface area contributed by atoms with E-state index < -0.39 is 52.1 Å². The van der Waals surface area contributed by atoms with Gasteiger partial charge in [0.05, 0.1) is 0 Å². The molecule has 1 unspecified atom stereocenters. The highest BCUT2D eigenvalue weighted by Crippen LogP contribution is 2.39. The molecule has 0 saturated heterocycles. The number of benzene rings is 4. The van der Waals surface area contributed by atoms with Crippen LogP contribution in [0.5, 0.6) is 5.75 Å². The van der Waals surface area contributed by atoms with Crippen molar-refractivity contribution < 1.29 is 35.5 Å². The van der Waals surface area contributed by atoms with Gasteiger partial charge in [-0.25, -0.2) is 22.0 Å². The summed E-state index contributed by atoms with van der Waals surface area (Å²) in [5.74, 6) is -7.04. The number of halogens is 8. The molecule has 0 heterocycles. The zero-order valence-electron chi connectivity index (χ0n) is 21.6. The molecule has 1 aliphatic carbocycles. The minimum absolute atomic E-state index is 0.197. The second-order valence-corrected chi connectivity index (χ2v) is 10.6. The van der Waals surface area contributed by atoms with Crippen LogP contribution in [0.1, 0.15) is 35.6 Å². The number of hydrogen-bond acceptors (Lipinski definition) is 1. The lowest BCUT2D eigenvalue weighted by Gasteiger charge is -2.20. The minimum atomic E-state index is -4.64. The van der Waals surface area contributed by atoms with Crippen LogP contribution in [0.4, 0.5) is 30.7 Å². The quantitative estimate of drug-likeness (QED) is 0.139. The normalized spacial score (nSPS) is 15.0. The molecule has 0 bridgehead atoms. The molecule has 9 heteroatoms. The first-order valence-electron chi connectivity index (χ1n) is 12.7. The third-order valence-electron chi connectivity index (χ3n) is 7.28. The Kier molecular flexibility index (Phi) is 8.18. The Morgan fingerprint density at radius 3 is 1.95 bits per heavy atom. The third-order valence-corrected chi connectivity index (χ3v) is 7.64. The van der Waals surface area contributed by atoms with Crippen LogP contribution in [0.3, 0.4) is 0 Å². The zero-order chi connectivity index (χ0) is 29.5. The molecular formula is C32H22F7IO. The molecule has 1 nitrogen and oxygen atoms in total. The number of alkyl halides is 2. The Hall–Kier alpha value is -3.34. The highest BCUT2D eigenvalue weighted by Gasteiger charge is 2.41. The van der Waals surface area contributed by atoms with Gasteiger partial charge in [0, 0.05) is 23.3 Å². The van der Waals surface area contributed by atoms with E-state index in [2.05, 4.69) is 11.7 Å². The van der Waals surface area contributed by atoms with Crippen LogP contribution in [0, 0.1) is 35.0 Å². The number of rotatable bonds is 7. The predicted octanol–water partition coefficient (Wildman–Crippen LogP) is 10.4. The average Bonchev–Trinajstić information content (AvgIpc) is 3.32. The van der Waals surface area contributed by atoms with Gasteiger partial charge < -0.3 is 4.74 Å². The van der Waals surface area contributed by atoms with Crippen molar-refractivity contribution in [3.63, 3.8) is 0 Å². The first-order chi connectivity index (χ1) is 19.5. The molecule has 0 aliphatic heterocycles. The molecule has 4 aromatic rings. The molecule has 0 fully saturated rings. The first kappa shape index (κ1) is 29.2. The molecule has 0 N–H and O–H groups in total. The van der Waals surface area contributed by atoms with Gasteiger partial charge in [0.25, 0.3) is 0 Å². The van der Waals surface area contributed by atoms with Gasteiger partial charge in [-0.2, -0.15) is 8.78 Å². The van der Waals surface area contributed by atoms with Crippen molar-refractivity contribution in [3.8, 4) is 28.0 Å². The van der Waals surface area contributed by atoms with Crippen molar-refractivity contribution in [1.82, 2.24) is 0 Å². The van der Waals surface area contributed by atoms with Gasteiger partial charge in [-0.05, 0) is 74.9 Å². The molecule has 212 valence electrons. The Morgan fingerprint density at radius 2 is 1.34 bits per heavy atom. The van der Waals surface area contributed by atoms with Crippen LogP contribution in [-0.4, -0.2) is 0 Å². The molecule has 0 aromatic heterocycles. The molecule has 0 saturated carbocycles. The maximum absolute atomic E-state index is 15.2. The summed E-state index contributed by atoms with van der Waals surface area (Å²) in [6.45, 7) is 2.14. The van der Waals surface area contributed by atoms with Gasteiger partial charge in [-0.3, -0.25) is 0 Å². The monoisotopic (exact) mass is 682 g/mol. The second kappa shape index (κ2) is 11.5. The lowest BCUT2D eigenvalue weighted by Crippen LogP contribution is -2.25. The standard InChI is InChI=1S/C32H22F7IO/c1-2-17-9-18-3-4-19(11-21(18)10-17)20-5-6-24(26(33)12-20)22-13-29(36)31(30(37)14-22)32(38,39)41-23-15-27(34)25(7-8-40)28(35)16-23/h3-8,11-17H,2,9-10H2,1H3. The summed E-state index contributed by atoms with van der Waals surface area (Å²) < 4.78 is 109. The smallest absolute Gasteiger partial charge is 0.429 e. The largest absolute Gasteiger partial charge is 0.432 e. The summed E-state index contributed by atoms with van der Waals surface area (Å²) in [6.07, 6.45) is -0.543. The van der Waals surface area contributed by atoms with E-state index in [0.29, 0.717) is 35.7 Å². The molecular weight excluding hydrogens is 660 g/mol. The Labute approximate surface area is 245 Å². The van der Waals surface area contributed by atoms with Gasteiger partial charge in [0.2, 0.25) is 0 Å². The van der Waals surface area contributed by atoms with E-state index in [1.165, 1.54) is 27.3 Å². The fourth-order valence-electron chi connectivity index (χ4n) is 5.15. The molecule has 41 heavy (non-hydrogen) atoms. The molecule has 1 aliphatic rings. The van der Waals surface area contributed by atoms with Crippen molar-refractivity contribution in [1.29, 1.82) is 0 Å². The number of hydrogen-bond donors (Lipinski definition) is 0. The minimum Gasteiger partial charge on any atom is -0.429 e. The molecule has 0 radical (unpaired) electrons. The summed E-state index contributed by atoms with van der Waals surface area (Å²) in [5, 5.41) is 0. The summed E-state index contributed by atoms with van der Waals surface area (Å²) in [6, 6.07) is 12.2.